The maximum Gasteiger partial charge on any atom is 0.237 e. The van der Waals surface area contributed by atoms with Gasteiger partial charge in [-0.25, -0.2) is 5.01 Å². The van der Waals surface area contributed by atoms with Gasteiger partial charge in [-0.1, -0.05) is 0 Å². The molecule has 0 radical (unpaired) electrons. The highest BCUT2D eigenvalue weighted by molar-refractivity contribution is 5.77. The van der Waals surface area contributed by atoms with Crippen LogP contribution in [0.2, 0.25) is 0 Å². The summed E-state index contributed by atoms with van der Waals surface area (Å²) in [7, 11) is 0. The Balaban J connectivity index is 2.00. The second-order valence-electron chi connectivity index (χ2n) is 3.82. The summed E-state index contributed by atoms with van der Waals surface area (Å²) in [5.74, 6) is 0.294. The third-order valence-corrected chi connectivity index (χ3v) is 2.65. The zero-order valence-corrected chi connectivity index (χ0v) is 7.91. The molecule has 1 amide bonds. The van der Waals surface area contributed by atoms with Crippen LogP contribution in [-0.2, 0) is 4.79 Å². The van der Waals surface area contributed by atoms with Crippen LogP contribution in [0.3, 0.4) is 0 Å². The molecular formula is C9H17N3O. The molecule has 0 bridgehead atoms. The summed E-state index contributed by atoms with van der Waals surface area (Å²) < 4.78 is 0. The maximum absolute atomic E-state index is 11.6. The van der Waals surface area contributed by atoms with Crippen molar-refractivity contribution in [2.75, 3.05) is 19.6 Å². The van der Waals surface area contributed by atoms with Gasteiger partial charge < -0.3 is 5.73 Å². The van der Waals surface area contributed by atoms with Crippen LogP contribution >= 0.6 is 0 Å². The van der Waals surface area contributed by atoms with E-state index in [-0.39, 0.29) is 0 Å². The highest BCUT2D eigenvalue weighted by Gasteiger charge is 2.37. The van der Waals surface area contributed by atoms with Crippen LogP contribution in [0.4, 0.5) is 0 Å². The van der Waals surface area contributed by atoms with Crippen LogP contribution in [0.1, 0.15) is 25.7 Å². The highest BCUT2D eigenvalue weighted by Crippen LogP contribution is 2.30. The molecule has 0 aromatic heterocycles. The first kappa shape index (κ1) is 8.97. The fourth-order valence-electron chi connectivity index (χ4n) is 1.92. The van der Waals surface area contributed by atoms with Crippen LogP contribution in [0.25, 0.3) is 0 Å². The number of amides is 1. The van der Waals surface area contributed by atoms with E-state index in [9.17, 15) is 4.79 Å². The van der Waals surface area contributed by atoms with Crippen molar-refractivity contribution >= 4 is 5.91 Å². The lowest BCUT2D eigenvalue weighted by molar-refractivity contribution is -0.156. The van der Waals surface area contributed by atoms with Crippen LogP contribution in [0, 0.1) is 0 Å². The van der Waals surface area contributed by atoms with E-state index in [1.807, 2.05) is 5.01 Å². The van der Waals surface area contributed by atoms with Gasteiger partial charge in [0.05, 0.1) is 0 Å². The smallest absolute Gasteiger partial charge is 0.237 e. The largest absolute Gasteiger partial charge is 0.329 e. The quantitative estimate of drug-likeness (QED) is 0.667. The summed E-state index contributed by atoms with van der Waals surface area (Å²) in [5.41, 5.74) is 5.51. The third kappa shape index (κ3) is 1.84. The molecule has 0 spiro atoms. The Morgan fingerprint density at radius 1 is 1.46 bits per heavy atom. The van der Waals surface area contributed by atoms with Gasteiger partial charge in [-0.3, -0.25) is 9.80 Å². The molecule has 2 rings (SSSR count). The normalized spacial score (nSPS) is 25.3. The summed E-state index contributed by atoms with van der Waals surface area (Å²) in [6, 6.07) is 0.499. The van der Waals surface area contributed by atoms with Crippen molar-refractivity contribution in [2.24, 2.45) is 5.73 Å². The van der Waals surface area contributed by atoms with Gasteiger partial charge in [-0.05, 0) is 19.3 Å². The van der Waals surface area contributed by atoms with Gasteiger partial charge in [-0.15, -0.1) is 0 Å². The minimum absolute atomic E-state index is 0.294. The molecule has 1 aliphatic heterocycles. The van der Waals surface area contributed by atoms with Gasteiger partial charge in [0.2, 0.25) is 5.91 Å². The van der Waals surface area contributed by atoms with Crippen LogP contribution in [-0.4, -0.2) is 41.6 Å². The average molecular weight is 183 g/mol. The number of nitrogens with zero attached hydrogens (tertiary/aromatic N) is 2. The number of rotatable bonds is 3. The zero-order chi connectivity index (χ0) is 9.26. The summed E-state index contributed by atoms with van der Waals surface area (Å²) >= 11 is 0. The molecule has 4 heteroatoms. The van der Waals surface area contributed by atoms with E-state index in [0.717, 1.165) is 25.9 Å². The SMILES string of the molecule is NCCN1CCCC(=O)N1C1CC1. The molecule has 2 aliphatic rings. The molecule has 1 saturated heterocycles. The molecule has 1 heterocycles. The van der Waals surface area contributed by atoms with E-state index >= 15 is 0 Å². The lowest BCUT2D eigenvalue weighted by atomic mass is 10.2. The Labute approximate surface area is 78.6 Å². The first-order valence-corrected chi connectivity index (χ1v) is 5.10. The minimum atomic E-state index is 0.294. The van der Waals surface area contributed by atoms with Crippen LogP contribution in [0.5, 0.6) is 0 Å². The van der Waals surface area contributed by atoms with E-state index in [1.54, 1.807) is 0 Å². The van der Waals surface area contributed by atoms with E-state index in [0.29, 0.717) is 18.5 Å². The number of carbonyl (C=O) groups excluding carboxylic acids is 1. The molecule has 0 atom stereocenters. The van der Waals surface area contributed by atoms with Crippen molar-refractivity contribution in [1.82, 2.24) is 10.0 Å². The summed E-state index contributed by atoms with van der Waals surface area (Å²) in [6.07, 6.45) is 4.05. The molecule has 13 heavy (non-hydrogen) atoms. The number of nitrogens with two attached hydrogens (primary N) is 1. The number of hydrogen-bond donors (Lipinski definition) is 1. The molecule has 0 aromatic carbocycles. The molecule has 4 nitrogen and oxygen atoms in total. The maximum atomic E-state index is 11.6. The highest BCUT2D eigenvalue weighted by atomic mass is 16.2. The van der Waals surface area contributed by atoms with Crippen LogP contribution < -0.4 is 5.73 Å². The predicted octanol–water partition coefficient (Wildman–Crippen LogP) is -0.0531. The van der Waals surface area contributed by atoms with E-state index < -0.39 is 0 Å². The van der Waals surface area contributed by atoms with Gasteiger partial charge in [-0.2, -0.15) is 0 Å². The van der Waals surface area contributed by atoms with E-state index in [2.05, 4.69) is 5.01 Å². The average Bonchev–Trinajstić information content (AvgIpc) is 2.88. The van der Waals surface area contributed by atoms with Gasteiger partial charge in [0.1, 0.15) is 0 Å². The van der Waals surface area contributed by atoms with Crippen LogP contribution in [0.15, 0.2) is 0 Å². The summed E-state index contributed by atoms with van der Waals surface area (Å²) in [6.45, 7) is 2.46. The molecule has 0 unspecified atom stereocenters. The van der Waals surface area contributed by atoms with Gasteiger partial charge in [0.15, 0.2) is 0 Å². The lowest BCUT2D eigenvalue weighted by Crippen LogP contribution is -2.53. The summed E-state index contributed by atoms with van der Waals surface area (Å²) in [4.78, 5) is 11.6. The Morgan fingerprint density at radius 2 is 2.23 bits per heavy atom. The standard InChI is InChI=1S/C9H17N3O/c10-5-7-11-6-1-2-9(13)12(11)8-3-4-8/h8H,1-7,10H2. The fraction of sp³-hybridized carbons (Fsp3) is 0.889. The molecule has 1 saturated carbocycles. The third-order valence-electron chi connectivity index (χ3n) is 2.65. The molecule has 2 fully saturated rings. The predicted molar refractivity (Wildman–Crippen MR) is 49.7 cm³/mol. The number of hydrogen-bond acceptors (Lipinski definition) is 3. The monoisotopic (exact) mass is 183 g/mol. The lowest BCUT2D eigenvalue weighted by Gasteiger charge is -2.38. The molecule has 2 N–H and O–H groups in total. The van der Waals surface area contributed by atoms with Crippen molar-refractivity contribution in [3.05, 3.63) is 0 Å². The van der Waals surface area contributed by atoms with E-state index in [4.69, 9.17) is 5.73 Å². The van der Waals surface area contributed by atoms with E-state index in [1.165, 1.54) is 12.8 Å². The Morgan fingerprint density at radius 3 is 2.85 bits per heavy atom. The van der Waals surface area contributed by atoms with Crippen molar-refractivity contribution < 1.29 is 4.79 Å². The minimum Gasteiger partial charge on any atom is -0.329 e. The second-order valence-corrected chi connectivity index (χ2v) is 3.82. The Kier molecular flexibility index (Phi) is 2.51. The number of hydrazine groups is 1. The fourth-order valence-corrected chi connectivity index (χ4v) is 1.92. The first-order valence-electron chi connectivity index (χ1n) is 5.10. The van der Waals surface area contributed by atoms with Crippen molar-refractivity contribution in [2.45, 2.75) is 31.7 Å². The van der Waals surface area contributed by atoms with Gasteiger partial charge >= 0.3 is 0 Å². The van der Waals surface area contributed by atoms with Gasteiger partial charge in [0, 0.05) is 32.1 Å². The summed E-state index contributed by atoms with van der Waals surface area (Å²) in [5, 5.41) is 4.08. The van der Waals surface area contributed by atoms with Crippen molar-refractivity contribution in [3.8, 4) is 0 Å². The Bertz CT molecular complexity index is 201. The van der Waals surface area contributed by atoms with Crippen molar-refractivity contribution in [3.63, 3.8) is 0 Å². The molecular weight excluding hydrogens is 166 g/mol. The molecule has 1 aliphatic carbocycles. The molecule has 0 aromatic rings. The Hall–Kier alpha value is -0.610. The zero-order valence-electron chi connectivity index (χ0n) is 7.91. The van der Waals surface area contributed by atoms with Gasteiger partial charge in [0.25, 0.3) is 0 Å². The molecule has 74 valence electrons. The number of carbonyl (C=O) groups is 1. The van der Waals surface area contributed by atoms with Crippen molar-refractivity contribution in [1.29, 1.82) is 0 Å². The topological polar surface area (TPSA) is 49.6 Å². The first-order chi connectivity index (χ1) is 6.33. The second kappa shape index (κ2) is 3.64.